The van der Waals surface area contributed by atoms with Gasteiger partial charge in [0, 0.05) is 6.92 Å². The summed E-state index contributed by atoms with van der Waals surface area (Å²) in [6.07, 6.45) is 5.03. The highest BCUT2D eigenvalue weighted by Gasteiger charge is 2.15. The summed E-state index contributed by atoms with van der Waals surface area (Å²) >= 11 is 0. The van der Waals surface area contributed by atoms with E-state index in [4.69, 9.17) is 4.74 Å². The maximum atomic E-state index is 10.3. The highest BCUT2D eigenvalue weighted by atomic mass is 16.7. The van der Waals surface area contributed by atoms with Crippen LogP contribution in [-0.2, 0) is 14.3 Å². The van der Waals surface area contributed by atoms with Crippen molar-refractivity contribution in [2.24, 2.45) is 0 Å². The van der Waals surface area contributed by atoms with Gasteiger partial charge < -0.3 is 9.47 Å². The summed E-state index contributed by atoms with van der Waals surface area (Å²) in [5.41, 5.74) is 0. The van der Waals surface area contributed by atoms with E-state index < -0.39 is 0 Å². The van der Waals surface area contributed by atoms with Crippen LogP contribution in [0.1, 0.15) is 32.6 Å². The Labute approximate surface area is 66.7 Å². The molecule has 3 heteroatoms. The number of rotatable bonds is 3. The Morgan fingerprint density at radius 3 is 2.64 bits per heavy atom. The van der Waals surface area contributed by atoms with Crippen molar-refractivity contribution in [2.75, 3.05) is 6.79 Å². The molecule has 11 heavy (non-hydrogen) atoms. The zero-order valence-electron chi connectivity index (χ0n) is 6.84. The predicted octanol–water partition coefficient (Wildman–Crippen LogP) is 1.47. The molecule has 0 radical (unpaired) electrons. The first-order valence-corrected chi connectivity index (χ1v) is 4.04. The van der Waals surface area contributed by atoms with Crippen molar-refractivity contribution in [3.63, 3.8) is 0 Å². The molecule has 1 saturated carbocycles. The summed E-state index contributed by atoms with van der Waals surface area (Å²) in [6.45, 7) is 1.51. The van der Waals surface area contributed by atoms with Crippen LogP contribution in [0.5, 0.6) is 0 Å². The molecule has 0 amide bonds. The second-order valence-electron chi connectivity index (χ2n) is 2.83. The number of hydrogen-bond donors (Lipinski definition) is 0. The first-order chi connectivity index (χ1) is 5.29. The summed E-state index contributed by atoms with van der Waals surface area (Å²) in [7, 11) is 0. The van der Waals surface area contributed by atoms with Crippen molar-refractivity contribution in [1.29, 1.82) is 0 Å². The lowest BCUT2D eigenvalue weighted by Crippen LogP contribution is -2.12. The molecule has 64 valence electrons. The largest absolute Gasteiger partial charge is 0.439 e. The fourth-order valence-corrected chi connectivity index (χ4v) is 1.27. The van der Waals surface area contributed by atoms with Gasteiger partial charge in [-0.1, -0.05) is 12.8 Å². The first-order valence-electron chi connectivity index (χ1n) is 4.04. The fourth-order valence-electron chi connectivity index (χ4n) is 1.27. The lowest BCUT2D eigenvalue weighted by Gasteiger charge is -2.09. The van der Waals surface area contributed by atoms with Gasteiger partial charge in [-0.25, -0.2) is 0 Å². The van der Waals surface area contributed by atoms with Crippen LogP contribution in [0.25, 0.3) is 0 Å². The van der Waals surface area contributed by atoms with Crippen LogP contribution in [0.4, 0.5) is 0 Å². The minimum Gasteiger partial charge on any atom is -0.439 e. The van der Waals surface area contributed by atoms with Crippen molar-refractivity contribution in [1.82, 2.24) is 0 Å². The van der Waals surface area contributed by atoms with Crippen molar-refractivity contribution in [2.45, 2.75) is 38.7 Å². The molecule has 1 rings (SSSR count). The van der Waals surface area contributed by atoms with Crippen molar-refractivity contribution >= 4 is 5.97 Å². The van der Waals surface area contributed by atoms with E-state index in [0.29, 0.717) is 6.10 Å². The lowest BCUT2D eigenvalue weighted by molar-refractivity contribution is -0.157. The maximum absolute atomic E-state index is 10.3. The van der Waals surface area contributed by atoms with Crippen molar-refractivity contribution < 1.29 is 14.3 Å². The van der Waals surface area contributed by atoms with E-state index in [9.17, 15) is 4.79 Å². The van der Waals surface area contributed by atoms with E-state index in [1.165, 1.54) is 19.8 Å². The smallest absolute Gasteiger partial charge is 0.304 e. The molecule has 0 bridgehead atoms. The fraction of sp³-hybridized carbons (Fsp3) is 0.875. The zero-order chi connectivity index (χ0) is 8.10. The topological polar surface area (TPSA) is 35.5 Å². The van der Waals surface area contributed by atoms with Gasteiger partial charge in [0.15, 0.2) is 6.79 Å². The third-order valence-corrected chi connectivity index (χ3v) is 1.87. The Hall–Kier alpha value is -0.570. The van der Waals surface area contributed by atoms with Crippen LogP contribution in [0.3, 0.4) is 0 Å². The molecule has 3 nitrogen and oxygen atoms in total. The van der Waals surface area contributed by atoms with Crippen molar-refractivity contribution in [3.05, 3.63) is 0 Å². The van der Waals surface area contributed by atoms with Gasteiger partial charge in [-0.05, 0) is 12.8 Å². The van der Waals surface area contributed by atoms with E-state index >= 15 is 0 Å². The Morgan fingerprint density at radius 2 is 2.09 bits per heavy atom. The van der Waals surface area contributed by atoms with E-state index in [2.05, 4.69) is 4.74 Å². The van der Waals surface area contributed by atoms with E-state index in [1.54, 1.807) is 0 Å². The van der Waals surface area contributed by atoms with Gasteiger partial charge in [0.25, 0.3) is 0 Å². The molecule has 0 aromatic rings. The molecule has 0 spiro atoms. The second kappa shape index (κ2) is 4.34. The molecule has 0 aromatic carbocycles. The molecule has 0 aromatic heterocycles. The van der Waals surface area contributed by atoms with Gasteiger partial charge in [0.2, 0.25) is 0 Å². The van der Waals surface area contributed by atoms with Gasteiger partial charge in [-0.3, -0.25) is 4.79 Å². The standard InChI is InChI=1S/C8H14O3/c1-7(9)10-6-11-8-4-2-3-5-8/h8H,2-6H2,1H3. The normalized spacial score (nSPS) is 18.6. The summed E-state index contributed by atoms with van der Waals surface area (Å²) < 4.78 is 9.91. The second-order valence-corrected chi connectivity index (χ2v) is 2.83. The summed E-state index contributed by atoms with van der Waals surface area (Å²) in [5, 5.41) is 0. The quantitative estimate of drug-likeness (QED) is 0.461. The summed E-state index contributed by atoms with van der Waals surface area (Å²) in [4.78, 5) is 10.3. The average molecular weight is 158 g/mol. The molecule has 0 aliphatic heterocycles. The van der Waals surface area contributed by atoms with Crippen LogP contribution in [0.15, 0.2) is 0 Å². The monoisotopic (exact) mass is 158 g/mol. The van der Waals surface area contributed by atoms with Crippen LogP contribution in [0, 0.1) is 0 Å². The third-order valence-electron chi connectivity index (χ3n) is 1.87. The molecule has 0 heterocycles. The van der Waals surface area contributed by atoms with Gasteiger partial charge >= 0.3 is 5.97 Å². The minimum atomic E-state index is -0.275. The molecule has 0 N–H and O–H groups in total. The van der Waals surface area contributed by atoms with Crippen LogP contribution < -0.4 is 0 Å². The van der Waals surface area contributed by atoms with Gasteiger partial charge in [0.1, 0.15) is 0 Å². The maximum Gasteiger partial charge on any atom is 0.304 e. The highest BCUT2D eigenvalue weighted by Crippen LogP contribution is 2.20. The number of esters is 1. The number of hydrogen-bond acceptors (Lipinski definition) is 3. The van der Waals surface area contributed by atoms with Gasteiger partial charge in [-0.15, -0.1) is 0 Å². The number of carbonyl (C=O) groups is 1. The van der Waals surface area contributed by atoms with Crippen LogP contribution in [0.2, 0.25) is 0 Å². The Bertz CT molecular complexity index is 127. The molecule has 0 unspecified atom stereocenters. The van der Waals surface area contributed by atoms with Crippen molar-refractivity contribution in [3.8, 4) is 0 Å². The Kier molecular flexibility index (Phi) is 3.36. The average Bonchev–Trinajstić information content (AvgIpc) is 2.39. The molecule has 1 aliphatic rings. The van der Waals surface area contributed by atoms with Gasteiger partial charge in [0.05, 0.1) is 6.10 Å². The first kappa shape index (κ1) is 8.53. The number of carbonyl (C=O) groups excluding carboxylic acids is 1. The molecule has 0 atom stereocenters. The molecule has 1 aliphatic carbocycles. The van der Waals surface area contributed by atoms with Gasteiger partial charge in [-0.2, -0.15) is 0 Å². The summed E-state index contributed by atoms with van der Waals surface area (Å²) in [6, 6.07) is 0. The number of ether oxygens (including phenoxy) is 2. The van der Waals surface area contributed by atoms with Crippen LogP contribution >= 0.6 is 0 Å². The molecular weight excluding hydrogens is 144 g/mol. The lowest BCUT2D eigenvalue weighted by atomic mass is 10.3. The predicted molar refractivity (Wildman–Crippen MR) is 40.0 cm³/mol. The van der Waals surface area contributed by atoms with E-state index in [1.807, 2.05) is 0 Å². The van der Waals surface area contributed by atoms with E-state index in [0.717, 1.165) is 12.8 Å². The molecular formula is C8H14O3. The zero-order valence-corrected chi connectivity index (χ0v) is 6.84. The SMILES string of the molecule is CC(=O)OCOC1CCCC1. The third kappa shape index (κ3) is 3.37. The Morgan fingerprint density at radius 1 is 1.45 bits per heavy atom. The molecule has 1 fully saturated rings. The Balaban J connectivity index is 1.98. The minimum absolute atomic E-state index is 0.125. The van der Waals surface area contributed by atoms with E-state index in [-0.39, 0.29) is 12.8 Å². The highest BCUT2D eigenvalue weighted by molar-refractivity contribution is 5.65. The van der Waals surface area contributed by atoms with Crippen LogP contribution in [-0.4, -0.2) is 18.9 Å². The summed E-state index contributed by atoms with van der Waals surface area (Å²) in [5.74, 6) is -0.275. The molecule has 0 saturated heterocycles.